The second-order valence-corrected chi connectivity index (χ2v) is 5.40. The van der Waals surface area contributed by atoms with Crippen LogP contribution in [-0.2, 0) is 6.42 Å². The van der Waals surface area contributed by atoms with Gasteiger partial charge in [-0.15, -0.1) is 11.3 Å². The monoisotopic (exact) mass is 292 g/mol. The van der Waals surface area contributed by atoms with Crippen LogP contribution in [-0.4, -0.2) is 18.2 Å². The van der Waals surface area contributed by atoms with E-state index in [-0.39, 0.29) is 6.04 Å². The molecule has 0 saturated carbocycles. The standard InChI is InChI=1S/C15H20N2O2S/c1-3-18-12-4-6-13(7-5-12)19-9-8-15-17-14(10-20-15)11(2)16/h4-7,10-11H,3,8-9,16H2,1-2H3. The number of hydrogen-bond acceptors (Lipinski definition) is 5. The Kier molecular flexibility index (Phi) is 5.38. The van der Waals surface area contributed by atoms with E-state index in [0.717, 1.165) is 28.6 Å². The van der Waals surface area contributed by atoms with Crippen molar-refractivity contribution in [1.82, 2.24) is 4.98 Å². The van der Waals surface area contributed by atoms with Gasteiger partial charge in [0.25, 0.3) is 0 Å². The molecule has 1 heterocycles. The van der Waals surface area contributed by atoms with Gasteiger partial charge in [-0.05, 0) is 38.1 Å². The van der Waals surface area contributed by atoms with Gasteiger partial charge in [-0.2, -0.15) is 0 Å². The van der Waals surface area contributed by atoms with Crippen LogP contribution in [0.3, 0.4) is 0 Å². The first-order valence-electron chi connectivity index (χ1n) is 6.74. The summed E-state index contributed by atoms with van der Waals surface area (Å²) < 4.78 is 11.1. The molecule has 0 bridgehead atoms. The summed E-state index contributed by atoms with van der Waals surface area (Å²) in [5, 5.41) is 3.07. The molecule has 2 aromatic rings. The highest BCUT2D eigenvalue weighted by atomic mass is 32.1. The van der Waals surface area contributed by atoms with Gasteiger partial charge in [0.2, 0.25) is 0 Å². The molecule has 2 rings (SSSR count). The molecule has 0 saturated heterocycles. The van der Waals surface area contributed by atoms with Crippen molar-refractivity contribution in [3.63, 3.8) is 0 Å². The van der Waals surface area contributed by atoms with Gasteiger partial charge in [0.1, 0.15) is 11.5 Å². The molecule has 108 valence electrons. The second-order valence-electron chi connectivity index (χ2n) is 4.46. The van der Waals surface area contributed by atoms with Gasteiger partial charge < -0.3 is 15.2 Å². The van der Waals surface area contributed by atoms with E-state index in [0.29, 0.717) is 13.2 Å². The Balaban J connectivity index is 1.79. The highest BCUT2D eigenvalue weighted by molar-refractivity contribution is 7.09. The molecule has 0 fully saturated rings. The van der Waals surface area contributed by atoms with Crippen molar-refractivity contribution in [1.29, 1.82) is 0 Å². The molecule has 5 heteroatoms. The third-order valence-corrected chi connectivity index (χ3v) is 3.68. The van der Waals surface area contributed by atoms with Gasteiger partial charge in [0.05, 0.1) is 23.9 Å². The van der Waals surface area contributed by atoms with Crippen LogP contribution in [0.4, 0.5) is 0 Å². The molecule has 0 amide bonds. The average Bonchev–Trinajstić information content (AvgIpc) is 2.90. The van der Waals surface area contributed by atoms with Crippen molar-refractivity contribution in [3.05, 3.63) is 40.3 Å². The van der Waals surface area contributed by atoms with Crippen LogP contribution in [0.15, 0.2) is 29.6 Å². The minimum Gasteiger partial charge on any atom is -0.494 e. The van der Waals surface area contributed by atoms with Gasteiger partial charge in [0.15, 0.2) is 0 Å². The number of benzene rings is 1. The molecule has 0 aliphatic carbocycles. The number of ether oxygens (including phenoxy) is 2. The van der Waals surface area contributed by atoms with Crippen molar-refractivity contribution in [2.24, 2.45) is 5.73 Å². The van der Waals surface area contributed by atoms with Gasteiger partial charge in [-0.3, -0.25) is 0 Å². The molecule has 20 heavy (non-hydrogen) atoms. The zero-order valence-corrected chi connectivity index (χ0v) is 12.7. The Hall–Kier alpha value is -1.59. The maximum atomic E-state index is 5.79. The van der Waals surface area contributed by atoms with E-state index < -0.39 is 0 Å². The smallest absolute Gasteiger partial charge is 0.119 e. The van der Waals surface area contributed by atoms with E-state index in [9.17, 15) is 0 Å². The summed E-state index contributed by atoms with van der Waals surface area (Å²) >= 11 is 1.63. The van der Waals surface area contributed by atoms with Gasteiger partial charge in [-0.25, -0.2) is 4.98 Å². The topological polar surface area (TPSA) is 57.4 Å². The normalized spacial score (nSPS) is 12.2. The molecule has 0 aliphatic rings. The Morgan fingerprint density at radius 1 is 1.20 bits per heavy atom. The summed E-state index contributed by atoms with van der Waals surface area (Å²) in [7, 11) is 0. The fourth-order valence-electron chi connectivity index (χ4n) is 1.70. The second kappa shape index (κ2) is 7.26. The lowest BCUT2D eigenvalue weighted by atomic mass is 10.3. The van der Waals surface area contributed by atoms with Crippen molar-refractivity contribution in [2.45, 2.75) is 26.3 Å². The van der Waals surface area contributed by atoms with Crippen LogP contribution in [0.1, 0.15) is 30.6 Å². The first kappa shape index (κ1) is 14.8. The molecule has 1 atom stereocenters. The summed E-state index contributed by atoms with van der Waals surface area (Å²) in [6, 6.07) is 7.65. The summed E-state index contributed by atoms with van der Waals surface area (Å²) in [5.74, 6) is 1.71. The average molecular weight is 292 g/mol. The predicted octanol–water partition coefficient (Wildman–Crippen LogP) is 3.18. The van der Waals surface area contributed by atoms with E-state index in [1.54, 1.807) is 11.3 Å². The molecule has 0 aliphatic heterocycles. The number of rotatable bonds is 7. The lowest BCUT2D eigenvalue weighted by Gasteiger charge is -2.06. The van der Waals surface area contributed by atoms with E-state index in [4.69, 9.17) is 15.2 Å². The third kappa shape index (κ3) is 4.21. The Labute approximate surface area is 123 Å². The molecular formula is C15H20N2O2S. The number of aromatic nitrogens is 1. The number of nitrogens with zero attached hydrogens (tertiary/aromatic N) is 1. The van der Waals surface area contributed by atoms with Crippen molar-refractivity contribution in [2.75, 3.05) is 13.2 Å². The fourth-order valence-corrected chi connectivity index (χ4v) is 2.59. The molecule has 2 N–H and O–H groups in total. The van der Waals surface area contributed by atoms with Crippen molar-refractivity contribution >= 4 is 11.3 Å². The summed E-state index contributed by atoms with van der Waals surface area (Å²) in [6.07, 6.45) is 0.796. The highest BCUT2D eigenvalue weighted by Gasteiger charge is 2.06. The minimum absolute atomic E-state index is 0.00738. The zero-order valence-electron chi connectivity index (χ0n) is 11.8. The minimum atomic E-state index is -0.00738. The summed E-state index contributed by atoms with van der Waals surface area (Å²) in [5.41, 5.74) is 6.74. The van der Waals surface area contributed by atoms with Crippen LogP contribution in [0.25, 0.3) is 0 Å². The van der Waals surface area contributed by atoms with Gasteiger partial charge >= 0.3 is 0 Å². The van der Waals surface area contributed by atoms with Crippen molar-refractivity contribution in [3.8, 4) is 11.5 Å². The number of thiazole rings is 1. The molecule has 4 nitrogen and oxygen atoms in total. The highest BCUT2D eigenvalue weighted by Crippen LogP contribution is 2.19. The first-order valence-corrected chi connectivity index (χ1v) is 7.62. The first-order chi connectivity index (χ1) is 9.69. The van der Waals surface area contributed by atoms with Crippen LogP contribution in [0, 0.1) is 0 Å². The third-order valence-electron chi connectivity index (χ3n) is 2.76. The molecular weight excluding hydrogens is 272 g/mol. The van der Waals surface area contributed by atoms with E-state index in [2.05, 4.69) is 4.98 Å². The van der Waals surface area contributed by atoms with Gasteiger partial charge in [-0.1, -0.05) is 0 Å². The lowest BCUT2D eigenvalue weighted by molar-refractivity contribution is 0.318. The maximum absolute atomic E-state index is 5.79. The Morgan fingerprint density at radius 3 is 2.40 bits per heavy atom. The maximum Gasteiger partial charge on any atom is 0.119 e. The summed E-state index contributed by atoms with van der Waals surface area (Å²) in [4.78, 5) is 4.47. The van der Waals surface area contributed by atoms with Gasteiger partial charge in [0, 0.05) is 17.8 Å². The quantitative estimate of drug-likeness (QED) is 0.851. The van der Waals surface area contributed by atoms with Crippen molar-refractivity contribution < 1.29 is 9.47 Å². The van der Waals surface area contributed by atoms with Crippen LogP contribution in [0.2, 0.25) is 0 Å². The number of nitrogens with two attached hydrogens (primary N) is 1. The molecule has 1 aromatic carbocycles. The molecule has 1 aromatic heterocycles. The van der Waals surface area contributed by atoms with E-state index in [1.807, 2.05) is 43.5 Å². The lowest BCUT2D eigenvalue weighted by Crippen LogP contribution is -2.06. The fraction of sp³-hybridized carbons (Fsp3) is 0.400. The molecule has 1 unspecified atom stereocenters. The van der Waals surface area contributed by atoms with Crippen LogP contribution < -0.4 is 15.2 Å². The number of hydrogen-bond donors (Lipinski definition) is 1. The molecule has 0 spiro atoms. The molecule has 0 radical (unpaired) electrons. The van der Waals surface area contributed by atoms with E-state index in [1.165, 1.54) is 0 Å². The zero-order chi connectivity index (χ0) is 14.4. The largest absolute Gasteiger partial charge is 0.494 e. The Bertz CT molecular complexity index is 523. The van der Waals surface area contributed by atoms with Crippen LogP contribution >= 0.6 is 11.3 Å². The Morgan fingerprint density at radius 2 is 1.85 bits per heavy atom. The SMILES string of the molecule is CCOc1ccc(OCCc2nc(C(C)N)cs2)cc1. The summed E-state index contributed by atoms with van der Waals surface area (Å²) in [6.45, 7) is 5.19. The van der Waals surface area contributed by atoms with E-state index >= 15 is 0 Å². The predicted molar refractivity (Wildman–Crippen MR) is 81.5 cm³/mol. The van der Waals surface area contributed by atoms with Crippen LogP contribution in [0.5, 0.6) is 11.5 Å².